The van der Waals surface area contributed by atoms with Crippen molar-refractivity contribution in [2.75, 3.05) is 20.3 Å². The quantitative estimate of drug-likeness (QED) is 0.741. The van der Waals surface area contributed by atoms with Gasteiger partial charge in [-0.25, -0.2) is 0 Å². The third-order valence-electron chi connectivity index (χ3n) is 2.65. The summed E-state index contributed by atoms with van der Waals surface area (Å²) in [6.45, 7) is 4.36. The second-order valence-electron chi connectivity index (χ2n) is 4.34. The lowest BCUT2D eigenvalue weighted by Crippen LogP contribution is -2.18. The molecule has 0 aliphatic carbocycles. The number of nitrogens with one attached hydrogen (secondary N) is 1. The lowest BCUT2D eigenvalue weighted by molar-refractivity contribution is 0.199. The van der Waals surface area contributed by atoms with E-state index >= 15 is 0 Å². The molecule has 1 heterocycles. The molecule has 0 amide bonds. The van der Waals surface area contributed by atoms with E-state index in [0.717, 1.165) is 24.4 Å². The Labute approximate surface area is 118 Å². The maximum Gasteiger partial charge on any atom is 0.223 e. The summed E-state index contributed by atoms with van der Waals surface area (Å²) in [6.07, 6.45) is 0. The van der Waals surface area contributed by atoms with Gasteiger partial charge in [0.1, 0.15) is 5.75 Å². The molecule has 6 nitrogen and oxygen atoms in total. The molecule has 1 aromatic carbocycles. The van der Waals surface area contributed by atoms with Crippen LogP contribution in [0.25, 0.3) is 0 Å². The number of aromatic nitrogens is 2. The molecule has 0 fully saturated rings. The van der Waals surface area contributed by atoms with Gasteiger partial charge < -0.3 is 19.3 Å². The summed E-state index contributed by atoms with van der Waals surface area (Å²) < 4.78 is 15.5. The topological polar surface area (TPSA) is 69.4 Å². The summed E-state index contributed by atoms with van der Waals surface area (Å²) >= 11 is 0. The van der Waals surface area contributed by atoms with E-state index in [0.29, 0.717) is 24.9 Å². The van der Waals surface area contributed by atoms with Gasteiger partial charge in [0, 0.05) is 27.1 Å². The summed E-state index contributed by atoms with van der Waals surface area (Å²) in [7, 11) is 1.69. The predicted molar refractivity (Wildman–Crippen MR) is 73.4 cm³/mol. The molecule has 0 atom stereocenters. The Morgan fingerprint density at radius 2 is 2.25 bits per heavy atom. The fourth-order valence-electron chi connectivity index (χ4n) is 1.70. The minimum absolute atomic E-state index is 0.303. The van der Waals surface area contributed by atoms with Crippen LogP contribution in [0.2, 0.25) is 0 Å². The molecule has 2 rings (SSSR count). The number of methoxy groups -OCH3 is 1. The number of hydrogen-bond donors (Lipinski definition) is 1. The highest BCUT2D eigenvalue weighted by Gasteiger charge is 2.03. The average Bonchev–Trinajstić information content (AvgIpc) is 2.88. The van der Waals surface area contributed by atoms with Crippen molar-refractivity contribution in [3.63, 3.8) is 0 Å². The van der Waals surface area contributed by atoms with Crippen molar-refractivity contribution >= 4 is 0 Å². The first-order chi connectivity index (χ1) is 9.78. The molecule has 1 N–H and O–H groups in total. The third-order valence-corrected chi connectivity index (χ3v) is 2.65. The molecule has 2 aromatic rings. The minimum atomic E-state index is 0.303. The molecule has 0 aliphatic heterocycles. The van der Waals surface area contributed by atoms with E-state index < -0.39 is 0 Å². The normalized spacial score (nSPS) is 10.7. The number of ether oxygens (including phenoxy) is 2. The Bertz CT molecular complexity index is 528. The van der Waals surface area contributed by atoms with Crippen molar-refractivity contribution in [1.82, 2.24) is 15.5 Å². The third kappa shape index (κ3) is 4.64. The largest absolute Gasteiger partial charge is 0.485 e. The number of rotatable bonds is 8. The van der Waals surface area contributed by atoms with Crippen molar-refractivity contribution in [2.45, 2.75) is 20.1 Å². The maximum absolute atomic E-state index is 5.64. The van der Waals surface area contributed by atoms with Crippen molar-refractivity contribution in [3.8, 4) is 5.75 Å². The SMILES string of the molecule is COCCNCc1cccc(OCc2noc(C)n2)c1. The molecule has 0 saturated carbocycles. The van der Waals surface area contributed by atoms with Crippen LogP contribution in [-0.4, -0.2) is 30.4 Å². The van der Waals surface area contributed by atoms with Gasteiger partial charge in [0.2, 0.25) is 11.7 Å². The van der Waals surface area contributed by atoms with Gasteiger partial charge in [0.05, 0.1) is 6.61 Å². The van der Waals surface area contributed by atoms with Gasteiger partial charge in [-0.15, -0.1) is 0 Å². The van der Waals surface area contributed by atoms with Crippen LogP contribution in [0, 0.1) is 6.92 Å². The fraction of sp³-hybridized carbons (Fsp3) is 0.429. The van der Waals surface area contributed by atoms with E-state index in [9.17, 15) is 0 Å². The van der Waals surface area contributed by atoms with Gasteiger partial charge in [-0.05, 0) is 17.7 Å². The number of aryl methyl sites for hydroxylation is 1. The van der Waals surface area contributed by atoms with Gasteiger partial charge in [-0.3, -0.25) is 0 Å². The monoisotopic (exact) mass is 277 g/mol. The Morgan fingerprint density at radius 3 is 3.00 bits per heavy atom. The van der Waals surface area contributed by atoms with Crippen LogP contribution in [0.4, 0.5) is 0 Å². The number of benzene rings is 1. The first-order valence-electron chi connectivity index (χ1n) is 6.48. The molecule has 0 spiro atoms. The standard InChI is InChI=1S/C14H19N3O3/c1-11-16-14(17-20-11)10-19-13-5-3-4-12(8-13)9-15-6-7-18-2/h3-5,8,15H,6-7,9-10H2,1-2H3. The molecule has 0 radical (unpaired) electrons. The molecule has 0 aliphatic rings. The van der Waals surface area contributed by atoms with Gasteiger partial charge in [-0.1, -0.05) is 17.3 Å². The highest BCUT2D eigenvalue weighted by Crippen LogP contribution is 2.14. The molecular formula is C14H19N3O3. The van der Waals surface area contributed by atoms with Gasteiger partial charge in [0.15, 0.2) is 6.61 Å². The smallest absolute Gasteiger partial charge is 0.223 e. The average molecular weight is 277 g/mol. The van der Waals surface area contributed by atoms with Crippen molar-refractivity contribution < 1.29 is 14.0 Å². The lowest BCUT2D eigenvalue weighted by Gasteiger charge is -2.07. The van der Waals surface area contributed by atoms with Crippen LogP contribution >= 0.6 is 0 Å². The van der Waals surface area contributed by atoms with Gasteiger partial charge in [0.25, 0.3) is 0 Å². The molecule has 6 heteroatoms. The molecule has 0 saturated heterocycles. The molecule has 108 valence electrons. The summed E-state index contributed by atoms with van der Waals surface area (Å²) in [5, 5.41) is 7.07. The second-order valence-corrected chi connectivity index (χ2v) is 4.34. The number of hydrogen-bond acceptors (Lipinski definition) is 6. The Morgan fingerprint density at radius 1 is 1.35 bits per heavy atom. The zero-order valence-electron chi connectivity index (χ0n) is 11.8. The molecule has 0 bridgehead atoms. The van der Waals surface area contributed by atoms with Crippen LogP contribution < -0.4 is 10.1 Å². The molecule has 1 aromatic heterocycles. The first-order valence-corrected chi connectivity index (χ1v) is 6.48. The van der Waals surface area contributed by atoms with Crippen LogP contribution in [0.3, 0.4) is 0 Å². The van der Waals surface area contributed by atoms with E-state index in [1.807, 2.05) is 24.3 Å². The summed E-state index contributed by atoms with van der Waals surface area (Å²) in [5.41, 5.74) is 1.16. The lowest BCUT2D eigenvalue weighted by atomic mass is 10.2. The van der Waals surface area contributed by atoms with E-state index in [4.69, 9.17) is 14.0 Å². The summed E-state index contributed by atoms with van der Waals surface area (Å²) in [4.78, 5) is 4.09. The Kier molecular flexibility index (Phi) is 5.52. The predicted octanol–water partition coefficient (Wildman–Crippen LogP) is 1.69. The molecule has 20 heavy (non-hydrogen) atoms. The van der Waals surface area contributed by atoms with E-state index in [1.165, 1.54) is 0 Å². The second kappa shape index (κ2) is 7.62. The first kappa shape index (κ1) is 14.5. The van der Waals surface area contributed by atoms with Crippen molar-refractivity contribution in [2.24, 2.45) is 0 Å². The highest BCUT2D eigenvalue weighted by molar-refractivity contribution is 5.28. The summed E-state index contributed by atoms with van der Waals surface area (Å²) in [5.74, 6) is 1.88. The number of nitrogens with zero attached hydrogens (tertiary/aromatic N) is 2. The Balaban J connectivity index is 1.82. The van der Waals surface area contributed by atoms with Crippen LogP contribution in [0.5, 0.6) is 5.75 Å². The van der Waals surface area contributed by atoms with Gasteiger partial charge >= 0.3 is 0 Å². The zero-order chi connectivity index (χ0) is 14.2. The maximum atomic E-state index is 5.64. The van der Waals surface area contributed by atoms with Crippen LogP contribution in [0.1, 0.15) is 17.3 Å². The Hall–Kier alpha value is -1.92. The van der Waals surface area contributed by atoms with Crippen LogP contribution in [-0.2, 0) is 17.9 Å². The molecule has 0 unspecified atom stereocenters. The van der Waals surface area contributed by atoms with E-state index in [1.54, 1.807) is 14.0 Å². The zero-order valence-corrected chi connectivity index (χ0v) is 11.8. The van der Waals surface area contributed by atoms with E-state index in [-0.39, 0.29) is 0 Å². The van der Waals surface area contributed by atoms with E-state index in [2.05, 4.69) is 15.5 Å². The van der Waals surface area contributed by atoms with Crippen molar-refractivity contribution in [1.29, 1.82) is 0 Å². The fourth-order valence-corrected chi connectivity index (χ4v) is 1.70. The van der Waals surface area contributed by atoms with Crippen LogP contribution in [0.15, 0.2) is 28.8 Å². The van der Waals surface area contributed by atoms with Crippen molar-refractivity contribution in [3.05, 3.63) is 41.5 Å². The minimum Gasteiger partial charge on any atom is -0.485 e. The molecular weight excluding hydrogens is 258 g/mol. The van der Waals surface area contributed by atoms with Gasteiger partial charge in [-0.2, -0.15) is 4.98 Å². The summed E-state index contributed by atoms with van der Waals surface area (Å²) in [6, 6.07) is 7.91. The highest BCUT2D eigenvalue weighted by atomic mass is 16.5.